The summed E-state index contributed by atoms with van der Waals surface area (Å²) in [7, 11) is 3.76. The number of rotatable bonds is 3. The molecule has 4 heteroatoms. The minimum absolute atomic E-state index is 0.0333. The Hall–Kier alpha value is -0.0900. The molecule has 2 bridgehead atoms. The molecule has 2 saturated heterocycles. The summed E-state index contributed by atoms with van der Waals surface area (Å²) >= 11 is 3.93. The molecule has 0 N–H and O–H groups in total. The van der Waals surface area contributed by atoms with Crippen molar-refractivity contribution in [3.63, 3.8) is 0 Å². The topological polar surface area (TPSA) is 29.5 Å². The van der Waals surface area contributed by atoms with Gasteiger partial charge in [-0.25, -0.2) is 0 Å². The number of piperidine rings is 1. The molecule has 3 fully saturated rings. The average molecular weight is 372 g/mol. The van der Waals surface area contributed by atoms with Crippen LogP contribution in [0, 0.1) is 23.7 Å². The lowest BCUT2D eigenvalue weighted by molar-refractivity contribution is -0.154. The largest absolute Gasteiger partial charge is 0.469 e. The first-order chi connectivity index (χ1) is 10.6. The van der Waals surface area contributed by atoms with Gasteiger partial charge < -0.3 is 4.74 Å². The van der Waals surface area contributed by atoms with Crippen LogP contribution in [0.4, 0.5) is 0 Å². The molecule has 2 heterocycles. The highest BCUT2D eigenvalue weighted by atomic mass is 79.9. The monoisotopic (exact) mass is 371 g/mol. The molecular weight excluding hydrogens is 342 g/mol. The predicted octanol–water partition coefficient (Wildman–Crippen LogP) is 3.85. The molecule has 126 valence electrons. The minimum atomic E-state index is 0.0333. The maximum absolute atomic E-state index is 12.5. The van der Waals surface area contributed by atoms with Gasteiger partial charge in [0.05, 0.1) is 13.0 Å². The van der Waals surface area contributed by atoms with Gasteiger partial charge in [0.2, 0.25) is 0 Å². The Kier molecular flexibility index (Phi) is 5.18. The Labute approximate surface area is 143 Å². The standard InChI is InChI=1S/C18H30BrNO2/c1-4-11-5-6-12(9-15(11)19)14-10-13-7-8-16(20(13)2)17(14)18(21)22-3/h11-17H,4-10H2,1-3H3/t11?,12?,13-,14-,15?,16?,17?/m1/s1. The van der Waals surface area contributed by atoms with Crippen molar-refractivity contribution in [2.75, 3.05) is 14.2 Å². The van der Waals surface area contributed by atoms with E-state index in [1.165, 1.54) is 44.9 Å². The van der Waals surface area contributed by atoms with E-state index < -0.39 is 0 Å². The molecule has 1 aliphatic carbocycles. The molecule has 3 aliphatic rings. The van der Waals surface area contributed by atoms with E-state index >= 15 is 0 Å². The Morgan fingerprint density at radius 1 is 1.23 bits per heavy atom. The van der Waals surface area contributed by atoms with E-state index in [-0.39, 0.29) is 11.9 Å². The fraction of sp³-hybridized carbons (Fsp3) is 0.944. The zero-order valence-electron chi connectivity index (χ0n) is 14.1. The number of esters is 1. The fourth-order valence-electron chi connectivity index (χ4n) is 5.52. The summed E-state index contributed by atoms with van der Waals surface area (Å²) in [6.07, 6.45) is 8.72. The molecule has 0 aromatic carbocycles. The van der Waals surface area contributed by atoms with E-state index in [2.05, 4.69) is 34.8 Å². The second-order valence-electron chi connectivity index (χ2n) is 7.67. The highest BCUT2D eigenvalue weighted by Gasteiger charge is 2.51. The number of nitrogens with zero attached hydrogens (tertiary/aromatic N) is 1. The summed E-state index contributed by atoms with van der Waals surface area (Å²) in [4.78, 5) is 15.6. The number of halogens is 1. The lowest BCUT2D eigenvalue weighted by atomic mass is 9.66. The van der Waals surface area contributed by atoms with Crippen molar-refractivity contribution in [1.82, 2.24) is 4.90 Å². The third-order valence-electron chi connectivity index (χ3n) is 6.87. The van der Waals surface area contributed by atoms with Crippen molar-refractivity contribution in [1.29, 1.82) is 0 Å². The lowest BCUT2D eigenvalue weighted by Gasteiger charge is -2.47. The summed E-state index contributed by atoms with van der Waals surface area (Å²) in [5.74, 6) is 2.16. The number of ether oxygens (including phenoxy) is 1. The van der Waals surface area contributed by atoms with Crippen LogP contribution in [0.2, 0.25) is 0 Å². The van der Waals surface area contributed by atoms with Crippen LogP contribution >= 0.6 is 15.9 Å². The molecular formula is C18H30BrNO2. The van der Waals surface area contributed by atoms with Crippen LogP contribution in [-0.2, 0) is 9.53 Å². The number of alkyl halides is 1. The van der Waals surface area contributed by atoms with Gasteiger partial charge in [-0.2, -0.15) is 0 Å². The SMILES string of the molecule is CCC1CCC([C@H]2C[C@H]3CCC(C2C(=O)OC)N3C)CC1Br. The molecule has 3 rings (SSSR count). The van der Waals surface area contributed by atoms with Gasteiger partial charge in [0.25, 0.3) is 0 Å². The molecule has 3 nitrogen and oxygen atoms in total. The molecule has 0 aromatic heterocycles. The van der Waals surface area contributed by atoms with Gasteiger partial charge >= 0.3 is 5.97 Å². The third kappa shape index (κ3) is 2.86. The predicted molar refractivity (Wildman–Crippen MR) is 92.0 cm³/mol. The molecule has 1 saturated carbocycles. The molecule has 0 aromatic rings. The zero-order valence-corrected chi connectivity index (χ0v) is 15.7. The summed E-state index contributed by atoms with van der Waals surface area (Å²) in [6.45, 7) is 2.30. The lowest BCUT2D eigenvalue weighted by Crippen LogP contribution is -2.52. The number of fused-ring (bicyclic) bond motifs is 2. The van der Waals surface area contributed by atoms with Gasteiger partial charge in [0.1, 0.15) is 0 Å². The van der Waals surface area contributed by atoms with Crippen LogP contribution in [0.5, 0.6) is 0 Å². The number of hydrogen-bond donors (Lipinski definition) is 0. The average Bonchev–Trinajstić information content (AvgIpc) is 2.76. The maximum atomic E-state index is 12.5. The Morgan fingerprint density at radius 3 is 2.64 bits per heavy atom. The second-order valence-corrected chi connectivity index (χ2v) is 8.85. The first-order valence-electron chi connectivity index (χ1n) is 9.00. The van der Waals surface area contributed by atoms with Crippen molar-refractivity contribution < 1.29 is 9.53 Å². The first kappa shape index (κ1) is 16.8. The van der Waals surface area contributed by atoms with E-state index in [1.807, 2.05) is 0 Å². The highest BCUT2D eigenvalue weighted by molar-refractivity contribution is 9.09. The molecule has 0 radical (unpaired) electrons. The Morgan fingerprint density at radius 2 is 2.00 bits per heavy atom. The Balaban J connectivity index is 1.78. The third-order valence-corrected chi connectivity index (χ3v) is 7.99. The minimum Gasteiger partial charge on any atom is -0.469 e. The van der Waals surface area contributed by atoms with Crippen LogP contribution in [0.3, 0.4) is 0 Å². The molecule has 2 aliphatic heterocycles. The quantitative estimate of drug-likeness (QED) is 0.557. The summed E-state index contributed by atoms with van der Waals surface area (Å²) in [5.41, 5.74) is 0. The van der Waals surface area contributed by atoms with E-state index in [0.29, 0.717) is 28.7 Å². The van der Waals surface area contributed by atoms with Gasteiger partial charge in [-0.3, -0.25) is 9.69 Å². The van der Waals surface area contributed by atoms with Crippen LogP contribution in [-0.4, -0.2) is 41.9 Å². The molecule has 7 atom stereocenters. The number of carbonyl (C=O) groups is 1. The van der Waals surface area contributed by atoms with Crippen LogP contribution < -0.4 is 0 Å². The van der Waals surface area contributed by atoms with E-state index in [4.69, 9.17) is 4.74 Å². The smallest absolute Gasteiger partial charge is 0.310 e. The fourth-order valence-corrected chi connectivity index (χ4v) is 6.63. The molecule has 0 spiro atoms. The number of carbonyl (C=O) groups excluding carboxylic acids is 1. The Bertz CT molecular complexity index is 416. The molecule has 22 heavy (non-hydrogen) atoms. The van der Waals surface area contributed by atoms with Gasteiger partial charge in [0, 0.05) is 16.9 Å². The maximum Gasteiger partial charge on any atom is 0.310 e. The summed E-state index contributed by atoms with van der Waals surface area (Å²) < 4.78 is 5.20. The van der Waals surface area contributed by atoms with Crippen molar-refractivity contribution in [3.8, 4) is 0 Å². The van der Waals surface area contributed by atoms with Crippen LogP contribution in [0.25, 0.3) is 0 Å². The molecule has 5 unspecified atom stereocenters. The first-order valence-corrected chi connectivity index (χ1v) is 9.92. The van der Waals surface area contributed by atoms with Crippen molar-refractivity contribution in [2.24, 2.45) is 23.7 Å². The molecule has 0 amide bonds. The van der Waals surface area contributed by atoms with Gasteiger partial charge in [-0.05, 0) is 63.3 Å². The summed E-state index contributed by atoms with van der Waals surface area (Å²) in [5, 5.41) is 0. The number of methoxy groups -OCH3 is 1. The summed E-state index contributed by atoms with van der Waals surface area (Å²) in [6, 6.07) is 1.10. The zero-order chi connectivity index (χ0) is 15.9. The second kappa shape index (κ2) is 6.80. The highest BCUT2D eigenvalue weighted by Crippen LogP contribution is 2.49. The normalized spacial score (nSPS) is 45.7. The van der Waals surface area contributed by atoms with E-state index in [1.54, 1.807) is 7.11 Å². The van der Waals surface area contributed by atoms with Crippen molar-refractivity contribution in [3.05, 3.63) is 0 Å². The van der Waals surface area contributed by atoms with Crippen LogP contribution in [0.15, 0.2) is 0 Å². The van der Waals surface area contributed by atoms with Crippen LogP contribution in [0.1, 0.15) is 51.9 Å². The van der Waals surface area contributed by atoms with E-state index in [0.717, 1.165) is 5.92 Å². The van der Waals surface area contributed by atoms with Crippen molar-refractivity contribution in [2.45, 2.75) is 68.8 Å². The van der Waals surface area contributed by atoms with Gasteiger partial charge in [-0.1, -0.05) is 29.3 Å². The number of hydrogen-bond acceptors (Lipinski definition) is 3. The van der Waals surface area contributed by atoms with Gasteiger partial charge in [-0.15, -0.1) is 0 Å². The van der Waals surface area contributed by atoms with Gasteiger partial charge in [0.15, 0.2) is 0 Å². The van der Waals surface area contributed by atoms with E-state index in [9.17, 15) is 4.79 Å². The van der Waals surface area contributed by atoms with Crippen molar-refractivity contribution >= 4 is 21.9 Å².